The summed E-state index contributed by atoms with van der Waals surface area (Å²) in [5.74, 6) is 0.0595. The fourth-order valence-electron chi connectivity index (χ4n) is 3.77. The van der Waals surface area contributed by atoms with Gasteiger partial charge in [-0.25, -0.2) is 0 Å². The molecule has 148 valence electrons. The molecule has 0 aliphatic carbocycles. The van der Waals surface area contributed by atoms with E-state index in [4.69, 9.17) is 14.2 Å². The lowest BCUT2D eigenvalue weighted by Crippen LogP contribution is -2.36. The first-order valence-corrected chi connectivity index (χ1v) is 9.43. The van der Waals surface area contributed by atoms with Gasteiger partial charge in [0.25, 0.3) is 17.7 Å². The van der Waals surface area contributed by atoms with Crippen LogP contribution >= 0.6 is 0 Å². The number of nitrogens with one attached hydrogen (secondary N) is 1. The first-order valence-electron chi connectivity index (χ1n) is 9.43. The molecule has 29 heavy (non-hydrogen) atoms. The van der Waals surface area contributed by atoms with E-state index < -0.39 is 5.91 Å². The number of rotatable bonds is 4. The maximum Gasteiger partial charge on any atom is 0.261 e. The molecule has 0 radical (unpaired) electrons. The molecule has 0 spiro atoms. The number of fused-ring (bicyclic) bond motifs is 2. The predicted molar refractivity (Wildman–Crippen MR) is 101 cm³/mol. The Morgan fingerprint density at radius 1 is 1.03 bits per heavy atom. The molecule has 1 N–H and O–H groups in total. The SMILES string of the molecule is O=C(Nc1ccc2c(c1)OCO2)c1ccc2c(c1)C(=O)N(C[C@@H]1CCCO1)C2=O. The highest BCUT2D eigenvalue weighted by Crippen LogP contribution is 2.34. The zero-order valence-electron chi connectivity index (χ0n) is 15.5. The normalized spacial score (nSPS) is 19.6. The van der Waals surface area contributed by atoms with E-state index >= 15 is 0 Å². The molecule has 0 bridgehead atoms. The maximum absolute atomic E-state index is 12.7. The number of nitrogens with zero attached hydrogens (tertiary/aromatic N) is 1. The Morgan fingerprint density at radius 3 is 2.69 bits per heavy atom. The highest BCUT2D eigenvalue weighted by molar-refractivity contribution is 6.22. The molecular weight excluding hydrogens is 376 g/mol. The summed E-state index contributed by atoms with van der Waals surface area (Å²) in [7, 11) is 0. The highest BCUT2D eigenvalue weighted by Gasteiger charge is 2.38. The summed E-state index contributed by atoms with van der Waals surface area (Å²) in [5, 5.41) is 2.77. The zero-order chi connectivity index (χ0) is 20.0. The summed E-state index contributed by atoms with van der Waals surface area (Å²) in [5.41, 5.74) is 1.39. The van der Waals surface area contributed by atoms with E-state index in [-0.39, 0.29) is 36.8 Å². The van der Waals surface area contributed by atoms with Gasteiger partial charge < -0.3 is 19.5 Å². The van der Waals surface area contributed by atoms with Crippen molar-refractivity contribution in [3.05, 3.63) is 53.1 Å². The minimum Gasteiger partial charge on any atom is -0.454 e. The lowest BCUT2D eigenvalue weighted by Gasteiger charge is -2.17. The average molecular weight is 394 g/mol. The van der Waals surface area contributed by atoms with E-state index in [9.17, 15) is 14.4 Å². The van der Waals surface area contributed by atoms with Crippen molar-refractivity contribution in [1.29, 1.82) is 0 Å². The molecule has 8 nitrogen and oxygen atoms in total. The Labute approximate surface area is 166 Å². The summed E-state index contributed by atoms with van der Waals surface area (Å²) in [6.07, 6.45) is 1.64. The third-order valence-electron chi connectivity index (χ3n) is 5.27. The van der Waals surface area contributed by atoms with Crippen molar-refractivity contribution in [1.82, 2.24) is 4.90 Å². The number of benzene rings is 2. The summed E-state index contributed by atoms with van der Waals surface area (Å²) in [4.78, 5) is 39.2. The van der Waals surface area contributed by atoms with Crippen molar-refractivity contribution in [2.75, 3.05) is 25.3 Å². The van der Waals surface area contributed by atoms with Crippen LogP contribution in [0.25, 0.3) is 0 Å². The van der Waals surface area contributed by atoms with Gasteiger partial charge >= 0.3 is 0 Å². The van der Waals surface area contributed by atoms with Crippen LogP contribution in [0, 0.1) is 0 Å². The fourth-order valence-corrected chi connectivity index (χ4v) is 3.77. The number of imide groups is 1. The molecular formula is C21H18N2O6. The molecule has 5 rings (SSSR count). The van der Waals surface area contributed by atoms with E-state index in [1.165, 1.54) is 17.0 Å². The summed E-state index contributed by atoms with van der Waals surface area (Å²) in [6.45, 7) is 1.04. The molecule has 3 heterocycles. The minimum absolute atomic E-state index is 0.119. The standard InChI is InChI=1S/C21H18N2O6/c24-19(22-13-4-6-17-18(9-13)29-11-28-17)12-3-5-15-16(8-12)21(26)23(20(15)25)10-14-2-1-7-27-14/h3-6,8-9,14H,1-2,7,10-11H2,(H,22,24)/t14-/m0/s1. The van der Waals surface area contributed by atoms with Gasteiger partial charge in [-0.15, -0.1) is 0 Å². The lowest BCUT2D eigenvalue weighted by atomic mass is 10.1. The Balaban J connectivity index is 1.34. The van der Waals surface area contributed by atoms with Gasteiger partial charge in [0.1, 0.15) is 0 Å². The second kappa shape index (κ2) is 6.89. The van der Waals surface area contributed by atoms with Crippen molar-refractivity contribution in [2.45, 2.75) is 18.9 Å². The van der Waals surface area contributed by atoms with E-state index in [1.54, 1.807) is 24.3 Å². The van der Waals surface area contributed by atoms with E-state index in [2.05, 4.69) is 5.32 Å². The third-order valence-corrected chi connectivity index (χ3v) is 5.27. The molecule has 3 aliphatic heterocycles. The zero-order valence-corrected chi connectivity index (χ0v) is 15.5. The summed E-state index contributed by atoms with van der Waals surface area (Å²) < 4.78 is 16.1. The largest absolute Gasteiger partial charge is 0.454 e. The van der Waals surface area contributed by atoms with Crippen LogP contribution in [0.4, 0.5) is 5.69 Å². The van der Waals surface area contributed by atoms with Crippen LogP contribution < -0.4 is 14.8 Å². The second-order valence-electron chi connectivity index (χ2n) is 7.14. The number of hydrogen-bond donors (Lipinski definition) is 1. The molecule has 1 atom stereocenters. The molecule has 3 amide bonds. The highest BCUT2D eigenvalue weighted by atomic mass is 16.7. The number of amides is 3. The van der Waals surface area contributed by atoms with Gasteiger partial charge in [0.2, 0.25) is 6.79 Å². The molecule has 1 saturated heterocycles. The van der Waals surface area contributed by atoms with Crippen molar-refractivity contribution in [3.8, 4) is 11.5 Å². The molecule has 0 unspecified atom stereocenters. The van der Waals surface area contributed by atoms with Gasteiger partial charge in [-0.1, -0.05) is 0 Å². The number of hydrogen-bond acceptors (Lipinski definition) is 6. The van der Waals surface area contributed by atoms with Crippen LogP contribution in [0.2, 0.25) is 0 Å². The molecule has 2 aromatic carbocycles. The Morgan fingerprint density at radius 2 is 1.86 bits per heavy atom. The molecule has 8 heteroatoms. The Bertz CT molecular complexity index is 1030. The van der Waals surface area contributed by atoms with Gasteiger partial charge in [-0.2, -0.15) is 0 Å². The number of anilines is 1. The fraction of sp³-hybridized carbons (Fsp3) is 0.286. The average Bonchev–Trinajstić information content (AvgIpc) is 3.45. The second-order valence-corrected chi connectivity index (χ2v) is 7.14. The van der Waals surface area contributed by atoms with E-state index in [0.717, 1.165) is 12.8 Å². The molecule has 0 saturated carbocycles. The van der Waals surface area contributed by atoms with Gasteiger partial charge in [0, 0.05) is 23.9 Å². The smallest absolute Gasteiger partial charge is 0.261 e. The van der Waals surface area contributed by atoms with Crippen LogP contribution in [-0.2, 0) is 4.74 Å². The van der Waals surface area contributed by atoms with Crippen molar-refractivity contribution in [3.63, 3.8) is 0 Å². The van der Waals surface area contributed by atoms with Crippen LogP contribution in [0.3, 0.4) is 0 Å². The van der Waals surface area contributed by atoms with Gasteiger partial charge in [-0.05, 0) is 43.2 Å². The number of carbonyl (C=O) groups excluding carboxylic acids is 3. The molecule has 0 aromatic heterocycles. The van der Waals surface area contributed by atoms with Crippen LogP contribution in [0.5, 0.6) is 11.5 Å². The summed E-state index contributed by atoms with van der Waals surface area (Å²) >= 11 is 0. The monoisotopic (exact) mass is 394 g/mol. The Hall–Kier alpha value is -3.39. The predicted octanol–water partition coefficient (Wildman–Crippen LogP) is 2.44. The van der Waals surface area contributed by atoms with Crippen LogP contribution in [0.15, 0.2) is 36.4 Å². The van der Waals surface area contributed by atoms with E-state index in [1.807, 2.05) is 0 Å². The van der Waals surface area contributed by atoms with Crippen LogP contribution in [-0.4, -0.2) is 48.7 Å². The first-order chi connectivity index (χ1) is 14.1. The Kier molecular flexibility index (Phi) is 4.21. The van der Waals surface area contributed by atoms with Crippen molar-refractivity contribution >= 4 is 23.4 Å². The first kappa shape index (κ1) is 17.7. The van der Waals surface area contributed by atoms with Gasteiger partial charge in [0.15, 0.2) is 11.5 Å². The molecule has 3 aliphatic rings. The third kappa shape index (κ3) is 3.11. The van der Waals surface area contributed by atoms with E-state index in [0.29, 0.717) is 34.9 Å². The quantitative estimate of drug-likeness (QED) is 0.801. The number of carbonyl (C=O) groups is 3. The number of ether oxygens (including phenoxy) is 3. The van der Waals surface area contributed by atoms with Crippen LogP contribution in [0.1, 0.15) is 43.9 Å². The van der Waals surface area contributed by atoms with Crippen molar-refractivity contribution in [2.24, 2.45) is 0 Å². The topological polar surface area (TPSA) is 94.2 Å². The van der Waals surface area contributed by atoms with Gasteiger partial charge in [0.05, 0.1) is 23.8 Å². The molecule has 2 aromatic rings. The maximum atomic E-state index is 12.7. The van der Waals surface area contributed by atoms with Crippen molar-refractivity contribution < 1.29 is 28.6 Å². The molecule has 1 fully saturated rings. The lowest BCUT2D eigenvalue weighted by molar-refractivity contribution is 0.0475. The van der Waals surface area contributed by atoms with Gasteiger partial charge in [-0.3, -0.25) is 19.3 Å². The summed E-state index contributed by atoms with van der Waals surface area (Å²) in [6, 6.07) is 9.63. The minimum atomic E-state index is -0.391.